The summed E-state index contributed by atoms with van der Waals surface area (Å²) in [5.74, 6) is 2.05. The van der Waals surface area contributed by atoms with Gasteiger partial charge in [0.25, 0.3) is 5.91 Å². The van der Waals surface area contributed by atoms with E-state index in [1.807, 2.05) is 24.3 Å². The van der Waals surface area contributed by atoms with Gasteiger partial charge in [0.05, 0.1) is 29.3 Å². The van der Waals surface area contributed by atoms with Gasteiger partial charge in [-0.15, -0.1) is 0 Å². The number of rotatable bonds is 6. The van der Waals surface area contributed by atoms with Crippen molar-refractivity contribution in [3.05, 3.63) is 82.3 Å². The van der Waals surface area contributed by atoms with Gasteiger partial charge in [0.15, 0.2) is 27.3 Å². The number of hydrogen-bond donors (Lipinski definition) is 0. The Balaban J connectivity index is 1.35. The van der Waals surface area contributed by atoms with Gasteiger partial charge in [-0.1, -0.05) is 48.2 Å². The van der Waals surface area contributed by atoms with Gasteiger partial charge >= 0.3 is 0 Å². The zero-order valence-electron chi connectivity index (χ0n) is 18.5. The van der Waals surface area contributed by atoms with E-state index >= 15 is 0 Å². The summed E-state index contributed by atoms with van der Waals surface area (Å²) >= 11 is 6.71. The van der Waals surface area contributed by atoms with Gasteiger partial charge < -0.3 is 18.9 Å². The Morgan fingerprint density at radius 3 is 2.77 bits per heavy atom. The largest absolute Gasteiger partial charge is 0.493 e. The summed E-state index contributed by atoms with van der Waals surface area (Å²) < 4.78 is 22.6. The van der Waals surface area contributed by atoms with Crippen molar-refractivity contribution < 1.29 is 23.7 Å². The van der Waals surface area contributed by atoms with Crippen LogP contribution in [-0.4, -0.2) is 24.1 Å². The number of thioether (sulfide) groups is 1. The molecule has 0 aromatic heterocycles. The van der Waals surface area contributed by atoms with Crippen LogP contribution < -0.4 is 23.8 Å². The zero-order chi connectivity index (χ0) is 24.4. The third kappa shape index (κ3) is 4.54. The first-order valence-corrected chi connectivity index (χ1v) is 11.8. The molecule has 2 aliphatic rings. The first-order valence-electron chi connectivity index (χ1n) is 10.5. The molecule has 1 saturated heterocycles. The van der Waals surface area contributed by atoms with Crippen molar-refractivity contribution in [1.82, 2.24) is 0 Å². The number of fused-ring (bicyclic) bond motifs is 1. The minimum atomic E-state index is -0.216. The number of carbonyl (C=O) groups excluding carboxylic acids is 1. The lowest BCUT2D eigenvalue weighted by molar-refractivity contribution is -0.113. The summed E-state index contributed by atoms with van der Waals surface area (Å²) in [6.45, 7) is 0.386. The number of hydrogen-bond acceptors (Lipinski definition) is 8. The van der Waals surface area contributed by atoms with E-state index in [4.69, 9.17) is 31.2 Å². The van der Waals surface area contributed by atoms with Gasteiger partial charge in [-0.25, -0.2) is 0 Å². The molecule has 35 heavy (non-hydrogen) atoms. The SMILES string of the molecule is COc1cc(/C=C2\SC(=S)N(c3ccc4c(c3)OCO4)C2=O)ccc1OCc1ccccc1C#N. The molecule has 0 saturated carbocycles. The summed E-state index contributed by atoms with van der Waals surface area (Å²) in [6.07, 6.45) is 1.77. The van der Waals surface area contributed by atoms with Crippen LogP contribution in [0, 0.1) is 11.3 Å². The van der Waals surface area contributed by atoms with Crippen LogP contribution in [0.3, 0.4) is 0 Å². The van der Waals surface area contributed by atoms with Crippen LogP contribution >= 0.6 is 24.0 Å². The van der Waals surface area contributed by atoms with Crippen molar-refractivity contribution >= 4 is 46.0 Å². The molecule has 2 aliphatic heterocycles. The van der Waals surface area contributed by atoms with Crippen LogP contribution in [0.15, 0.2) is 65.6 Å². The first kappa shape index (κ1) is 22.8. The van der Waals surface area contributed by atoms with Crippen molar-refractivity contribution in [3.63, 3.8) is 0 Å². The van der Waals surface area contributed by atoms with Crippen LogP contribution in [0.5, 0.6) is 23.0 Å². The maximum Gasteiger partial charge on any atom is 0.270 e. The molecule has 9 heteroatoms. The third-order valence-electron chi connectivity index (χ3n) is 5.41. The van der Waals surface area contributed by atoms with Crippen LogP contribution in [-0.2, 0) is 11.4 Å². The number of anilines is 1. The van der Waals surface area contributed by atoms with Crippen molar-refractivity contribution in [2.24, 2.45) is 0 Å². The van der Waals surface area contributed by atoms with Gasteiger partial charge in [-0.3, -0.25) is 9.69 Å². The summed E-state index contributed by atoms with van der Waals surface area (Å²) in [5, 5.41) is 9.27. The Kier molecular flexibility index (Phi) is 6.31. The second-order valence-electron chi connectivity index (χ2n) is 7.52. The number of ether oxygens (including phenoxy) is 4. The molecule has 1 amide bonds. The molecule has 0 atom stereocenters. The monoisotopic (exact) mass is 502 g/mol. The molecular formula is C26H18N2O5S2. The van der Waals surface area contributed by atoms with E-state index in [0.29, 0.717) is 43.5 Å². The minimum Gasteiger partial charge on any atom is -0.493 e. The van der Waals surface area contributed by atoms with Crippen molar-refractivity contribution in [1.29, 1.82) is 5.26 Å². The average molecular weight is 503 g/mol. The fourth-order valence-electron chi connectivity index (χ4n) is 3.67. The molecule has 7 nitrogen and oxygen atoms in total. The number of amides is 1. The van der Waals surface area contributed by atoms with E-state index in [1.54, 1.807) is 49.6 Å². The van der Waals surface area contributed by atoms with E-state index in [2.05, 4.69) is 6.07 Å². The van der Waals surface area contributed by atoms with Crippen LogP contribution in [0.25, 0.3) is 6.08 Å². The second kappa shape index (κ2) is 9.70. The van der Waals surface area contributed by atoms with Crippen molar-refractivity contribution in [2.45, 2.75) is 6.61 Å². The van der Waals surface area contributed by atoms with Crippen molar-refractivity contribution in [3.8, 4) is 29.1 Å². The Bertz CT molecular complexity index is 1410. The minimum absolute atomic E-state index is 0.156. The predicted molar refractivity (Wildman–Crippen MR) is 137 cm³/mol. The molecular weight excluding hydrogens is 484 g/mol. The molecule has 3 aromatic rings. The lowest BCUT2D eigenvalue weighted by Crippen LogP contribution is -2.27. The quantitative estimate of drug-likeness (QED) is 0.333. The second-order valence-corrected chi connectivity index (χ2v) is 9.20. The maximum absolute atomic E-state index is 13.2. The highest BCUT2D eigenvalue weighted by atomic mass is 32.2. The Hall–Kier alpha value is -4.00. The normalized spacial score (nSPS) is 15.4. The first-order chi connectivity index (χ1) is 17.1. The molecule has 3 aromatic carbocycles. The molecule has 5 rings (SSSR count). The average Bonchev–Trinajstić information content (AvgIpc) is 3.46. The molecule has 0 bridgehead atoms. The lowest BCUT2D eigenvalue weighted by Gasteiger charge is -2.14. The molecule has 0 spiro atoms. The molecule has 174 valence electrons. The van der Waals surface area contributed by atoms with Crippen LogP contribution in [0.1, 0.15) is 16.7 Å². The highest BCUT2D eigenvalue weighted by Gasteiger charge is 2.34. The molecule has 0 N–H and O–H groups in total. The summed E-state index contributed by atoms with van der Waals surface area (Å²) in [5.41, 5.74) is 2.73. The number of nitriles is 1. The van der Waals surface area contributed by atoms with Crippen molar-refractivity contribution in [2.75, 3.05) is 18.8 Å². The van der Waals surface area contributed by atoms with E-state index in [-0.39, 0.29) is 19.3 Å². The Morgan fingerprint density at radius 2 is 1.94 bits per heavy atom. The summed E-state index contributed by atoms with van der Waals surface area (Å²) in [4.78, 5) is 15.1. The fraction of sp³-hybridized carbons (Fsp3) is 0.115. The number of carbonyl (C=O) groups is 1. The Labute approximate surface area is 211 Å². The van der Waals surface area contributed by atoms with Crippen LogP contribution in [0.2, 0.25) is 0 Å². The van der Waals surface area contributed by atoms with E-state index < -0.39 is 0 Å². The number of benzene rings is 3. The Morgan fingerprint density at radius 1 is 1.11 bits per heavy atom. The van der Waals surface area contributed by atoms with E-state index in [1.165, 1.54) is 16.7 Å². The molecule has 0 aliphatic carbocycles. The van der Waals surface area contributed by atoms with Gasteiger partial charge in [0.2, 0.25) is 6.79 Å². The maximum atomic E-state index is 13.2. The van der Waals surface area contributed by atoms with Gasteiger partial charge in [0.1, 0.15) is 6.61 Å². The van der Waals surface area contributed by atoms with E-state index in [0.717, 1.165) is 11.1 Å². The van der Waals surface area contributed by atoms with Gasteiger partial charge in [-0.2, -0.15) is 5.26 Å². The standard InChI is InChI=1S/C26H18N2O5S2/c1-30-22-10-16(6-8-20(22)31-14-18-5-3-2-4-17(18)13-27)11-24-25(29)28(26(34)35-24)19-7-9-21-23(12-19)33-15-32-21/h2-12H,14-15H2,1H3/b24-11-. The molecule has 1 fully saturated rings. The molecule has 0 radical (unpaired) electrons. The summed E-state index contributed by atoms with van der Waals surface area (Å²) in [6, 6.07) is 20.1. The molecule has 2 heterocycles. The van der Waals surface area contributed by atoms with E-state index in [9.17, 15) is 10.1 Å². The predicted octanol–water partition coefficient (Wildman–Crippen LogP) is 5.28. The topological polar surface area (TPSA) is 81.0 Å². The molecule has 0 unspecified atom stereocenters. The lowest BCUT2D eigenvalue weighted by atomic mass is 10.1. The fourth-order valence-corrected chi connectivity index (χ4v) is 4.97. The van der Waals surface area contributed by atoms with Gasteiger partial charge in [-0.05, 0) is 42.0 Å². The van der Waals surface area contributed by atoms with Crippen LogP contribution in [0.4, 0.5) is 5.69 Å². The smallest absolute Gasteiger partial charge is 0.270 e. The highest BCUT2D eigenvalue weighted by molar-refractivity contribution is 8.27. The van der Waals surface area contributed by atoms with Gasteiger partial charge in [0, 0.05) is 11.6 Å². The number of thiocarbonyl (C=S) groups is 1. The summed E-state index contributed by atoms with van der Waals surface area (Å²) in [7, 11) is 1.55. The zero-order valence-corrected chi connectivity index (χ0v) is 20.2. The third-order valence-corrected chi connectivity index (χ3v) is 6.72. The highest BCUT2D eigenvalue weighted by Crippen LogP contribution is 2.41. The number of nitrogens with zero attached hydrogens (tertiary/aromatic N) is 2. The number of methoxy groups -OCH3 is 1.